The number of nitrogens with one attached hydrogen (secondary N) is 1. The SMILES string of the molecule is CCCc1c(Cc2ccc(-c3ccccc3)c(C3=NNC(=O)C3)c2F)c(=O)n(C2CCOC(C)(C)C2)c2nc(C)nn12. The highest BCUT2D eigenvalue weighted by atomic mass is 19.1. The van der Waals surface area contributed by atoms with E-state index in [1.165, 1.54) is 0 Å². The molecule has 0 aliphatic carbocycles. The quantitative estimate of drug-likeness (QED) is 0.340. The summed E-state index contributed by atoms with van der Waals surface area (Å²) < 4.78 is 26.1. The van der Waals surface area contributed by atoms with Crippen LogP contribution in [0.1, 0.15) is 80.7 Å². The normalized spacial score (nSPS) is 18.4. The molecule has 0 spiro atoms. The summed E-state index contributed by atoms with van der Waals surface area (Å²) in [7, 11) is 0. The van der Waals surface area contributed by atoms with E-state index >= 15 is 4.39 Å². The lowest BCUT2D eigenvalue weighted by molar-refractivity contribution is -0.119. The Labute approximate surface area is 243 Å². The molecule has 1 atom stereocenters. The van der Waals surface area contributed by atoms with E-state index in [0.717, 1.165) is 17.7 Å². The zero-order chi connectivity index (χ0) is 29.6. The van der Waals surface area contributed by atoms with Gasteiger partial charge in [0, 0.05) is 30.2 Å². The van der Waals surface area contributed by atoms with Gasteiger partial charge in [0.05, 0.1) is 23.4 Å². The zero-order valence-corrected chi connectivity index (χ0v) is 24.4. The van der Waals surface area contributed by atoms with Crippen molar-refractivity contribution in [2.24, 2.45) is 5.10 Å². The Morgan fingerprint density at radius 2 is 1.93 bits per heavy atom. The van der Waals surface area contributed by atoms with Crippen LogP contribution in [0.2, 0.25) is 0 Å². The van der Waals surface area contributed by atoms with Gasteiger partial charge in [0.1, 0.15) is 11.6 Å². The van der Waals surface area contributed by atoms with E-state index in [1.54, 1.807) is 15.1 Å². The number of carbonyl (C=O) groups is 1. The highest BCUT2D eigenvalue weighted by molar-refractivity contribution is 6.16. The maximum absolute atomic E-state index is 16.6. The minimum Gasteiger partial charge on any atom is -0.375 e. The summed E-state index contributed by atoms with van der Waals surface area (Å²) in [6.07, 6.45) is 2.73. The van der Waals surface area contributed by atoms with Crippen molar-refractivity contribution in [2.45, 2.75) is 77.9 Å². The summed E-state index contributed by atoms with van der Waals surface area (Å²) in [5.74, 6) is 0.314. The van der Waals surface area contributed by atoms with Crippen LogP contribution in [0.25, 0.3) is 16.9 Å². The number of carbonyl (C=O) groups excluding carboxylic acids is 1. The molecule has 10 heteroatoms. The van der Waals surface area contributed by atoms with Gasteiger partial charge in [-0.3, -0.25) is 14.2 Å². The standard InChI is InChI=1S/C32H35FN6O3/c1-5-9-26-24(30(41)38(31-34-19(2)37-39(26)31)22-14-15-42-32(3,4)18-22)16-21-12-13-23(20-10-7-6-8-11-20)28(29(21)33)25-17-27(40)36-35-25/h6-8,10-13,22H,5,9,14-18H2,1-4H3,(H,36,40). The van der Waals surface area contributed by atoms with Gasteiger partial charge in [0.25, 0.3) is 5.56 Å². The van der Waals surface area contributed by atoms with Gasteiger partial charge < -0.3 is 4.74 Å². The largest absolute Gasteiger partial charge is 0.375 e. The van der Waals surface area contributed by atoms with Crippen molar-refractivity contribution in [3.63, 3.8) is 0 Å². The van der Waals surface area contributed by atoms with Gasteiger partial charge in [0.15, 0.2) is 0 Å². The van der Waals surface area contributed by atoms with Gasteiger partial charge in [-0.05, 0) is 56.7 Å². The second-order valence-corrected chi connectivity index (χ2v) is 11.8. The Bertz CT molecular complexity index is 1770. The van der Waals surface area contributed by atoms with E-state index in [4.69, 9.17) is 4.74 Å². The molecule has 0 bridgehead atoms. The number of nitrogens with zero attached hydrogens (tertiary/aromatic N) is 5. The molecule has 2 aromatic heterocycles. The van der Waals surface area contributed by atoms with E-state index in [1.807, 2.05) is 64.1 Å². The van der Waals surface area contributed by atoms with Crippen molar-refractivity contribution in [3.05, 3.63) is 86.8 Å². The highest BCUT2D eigenvalue weighted by Crippen LogP contribution is 2.34. The lowest BCUT2D eigenvalue weighted by atomic mass is 9.90. The molecule has 1 unspecified atom stereocenters. The molecule has 1 saturated heterocycles. The van der Waals surface area contributed by atoms with E-state index in [2.05, 4.69) is 20.6 Å². The Morgan fingerprint density at radius 1 is 1.14 bits per heavy atom. The molecule has 4 heterocycles. The van der Waals surface area contributed by atoms with Crippen molar-refractivity contribution >= 4 is 17.4 Å². The molecule has 42 heavy (non-hydrogen) atoms. The highest BCUT2D eigenvalue weighted by Gasteiger charge is 2.33. The van der Waals surface area contributed by atoms with E-state index in [0.29, 0.717) is 59.9 Å². The van der Waals surface area contributed by atoms with Crippen molar-refractivity contribution in [1.29, 1.82) is 0 Å². The molecule has 1 N–H and O–H groups in total. The van der Waals surface area contributed by atoms with Crippen LogP contribution in [0, 0.1) is 12.7 Å². The number of fused-ring (bicyclic) bond motifs is 1. The first-order chi connectivity index (χ1) is 20.2. The predicted octanol–water partition coefficient (Wildman–Crippen LogP) is 4.90. The number of hydrazone groups is 1. The molecule has 0 saturated carbocycles. The molecule has 9 nitrogen and oxygen atoms in total. The first-order valence-corrected chi connectivity index (χ1v) is 14.5. The number of benzene rings is 2. The molecule has 2 aliphatic heterocycles. The van der Waals surface area contributed by atoms with E-state index in [-0.39, 0.29) is 35.9 Å². The monoisotopic (exact) mass is 570 g/mol. The van der Waals surface area contributed by atoms with Crippen LogP contribution in [-0.2, 0) is 22.4 Å². The molecule has 4 aromatic rings. The van der Waals surface area contributed by atoms with Gasteiger partial charge >= 0.3 is 0 Å². The van der Waals surface area contributed by atoms with Crippen LogP contribution in [0.4, 0.5) is 4.39 Å². The van der Waals surface area contributed by atoms with Crippen LogP contribution < -0.4 is 11.0 Å². The fraction of sp³-hybridized carbons (Fsp3) is 0.406. The van der Waals surface area contributed by atoms with Crippen molar-refractivity contribution in [2.75, 3.05) is 6.61 Å². The summed E-state index contributed by atoms with van der Waals surface area (Å²) in [4.78, 5) is 31.2. The summed E-state index contributed by atoms with van der Waals surface area (Å²) in [5, 5.41) is 8.84. The van der Waals surface area contributed by atoms with Crippen LogP contribution in [0.15, 0.2) is 52.4 Å². The topological polar surface area (TPSA) is 103 Å². The van der Waals surface area contributed by atoms with E-state index in [9.17, 15) is 9.59 Å². The molecular weight excluding hydrogens is 535 g/mol. The molecule has 1 fully saturated rings. The molecule has 1 amide bonds. The van der Waals surface area contributed by atoms with Gasteiger partial charge in [-0.15, -0.1) is 0 Å². The predicted molar refractivity (Wildman–Crippen MR) is 158 cm³/mol. The maximum Gasteiger partial charge on any atom is 0.259 e. The van der Waals surface area contributed by atoms with Gasteiger partial charge in [-0.2, -0.15) is 15.2 Å². The van der Waals surface area contributed by atoms with Gasteiger partial charge in [-0.25, -0.2) is 14.3 Å². The van der Waals surface area contributed by atoms with Crippen LogP contribution in [-0.4, -0.2) is 43.0 Å². The number of ether oxygens (including phenoxy) is 1. The minimum absolute atomic E-state index is 0.0160. The number of aromatic nitrogens is 4. The Balaban J connectivity index is 1.54. The average molecular weight is 571 g/mol. The Hall–Kier alpha value is -4.18. The molecule has 0 radical (unpaired) electrons. The van der Waals surface area contributed by atoms with Crippen molar-refractivity contribution < 1.29 is 13.9 Å². The molecule has 2 aliphatic rings. The summed E-state index contributed by atoms with van der Waals surface area (Å²) in [6, 6.07) is 12.9. The summed E-state index contributed by atoms with van der Waals surface area (Å²) in [5.41, 5.74) is 5.56. The lowest BCUT2D eigenvalue weighted by Gasteiger charge is -2.36. The summed E-state index contributed by atoms with van der Waals surface area (Å²) in [6.45, 7) is 8.44. The molecular formula is C32H35FN6O3. The van der Waals surface area contributed by atoms with Crippen LogP contribution in [0.5, 0.6) is 0 Å². The molecule has 2 aromatic carbocycles. The smallest absolute Gasteiger partial charge is 0.259 e. The van der Waals surface area contributed by atoms with Gasteiger partial charge in [0.2, 0.25) is 11.7 Å². The third-order valence-electron chi connectivity index (χ3n) is 8.12. The Kier molecular flexibility index (Phi) is 7.26. The molecule has 218 valence electrons. The lowest BCUT2D eigenvalue weighted by Crippen LogP contribution is -2.40. The van der Waals surface area contributed by atoms with Gasteiger partial charge in [-0.1, -0.05) is 55.8 Å². The molecule has 6 rings (SSSR count). The number of hydrogen-bond acceptors (Lipinski definition) is 6. The second-order valence-electron chi connectivity index (χ2n) is 11.8. The number of amides is 1. The third kappa shape index (κ3) is 5.04. The van der Waals surface area contributed by atoms with Crippen LogP contribution >= 0.6 is 0 Å². The number of halogens is 1. The summed E-state index contributed by atoms with van der Waals surface area (Å²) >= 11 is 0. The fourth-order valence-electron chi connectivity index (χ4n) is 6.24. The third-order valence-corrected chi connectivity index (χ3v) is 8.12. The first-order valence-electron chi connectivity index (χ1n) is 14.5. The first kappa shape index (κ1) is 28.0. The maximum atomic E-state index is 16.6. The second kappa shape index (κ2) is 10.9. The van der Waals surface area contributed by atoms with E-state index < -0.39 is 11.4 Å². The average Bonchev–Trinajstić information content (AvgIpc) is 3.56. The number of rotatable bonds is 7. The van der Waals surface area contributed by atoms with Crippen molar-refractivity contribution in [3.8, 4) is 11.1 Å². The number of hydrogen-bond donors (Lipinski definition) is 1. The minimum atomic E-state index is -0.484. The fourth-order valence-corrected chi connectivity index (χ4v) is 6.24. The zero-order valence-electron chi connectivity index (χ0n) is 24.4. The van der Waals surface area contributed by atoms with Crippen LogP contribution in [0.3, 0.4) is 0 Å². The van der Waals surface area contributed by atoms with Crippen molar-refractivity contribution in [1.82, 2.24) is 24.6 Å². The number of aryl methyl sites for hydroxylation is 2. The Morgan fingerprint density at radius 3 is 2.62 bits per heavy atom.